The number of nitrogens with zero attached hydrogens (tertiary/aromatic N) is 1. The molecule has 26 heavy (non-hydrogen) atoms. The summed E-state index contributed by atoms with van der Waals surface area (Å²) in [5.41, 5.74) is 1.53. The van der Waals surface area contributed by atoms with Gasteiger partial charge < -0.3 is 15.0 Å². The molecule has 0 aliphatic carbocycles. The van der Waals surface area contributed by atoms with E-state index >= 15 is 0 Å². The summed E-state index contributed by atoms with van der Waals surface area (Å²) in [6.45, 7) is 9.58. The van der Waals surface area contributed by atoms with Gasteiger partial charge in [0.2, 0.25) is 0 Å². The van der Waals surface area contributed by atoms with Crippen molar-refractivity contribution in [1.82, 2.24) is 10.2 Å². The average Bonchev–Trinajstić information content (AvgIpc) is 2.65. The largest absolute Gasteiger partial charge is 0.489 e. The summed E-state index contributed by atoms with van der Waals surface area (Å²) < 4.78 is 19.5. The maximum absolute atomic E-state index is 13.8. The molecule has 0 aromatic heterocycles. The third-order valence-electron chi connectivity index (χ3n) is 4.39. The van der Waals surface area contributed by atoms with E-state index in [-0.39, 0.29) is 12.4 Å². The number of nitrogens with one attached hydrogen (secondary N) is 1. The zero-order chi connectivity index (χ0) is 18.8. The van der Waals surface area contributed by atoms with Gasteiger partial charge in [0.1, 0.15) is 18.2 Å². The highest BCUT2D eigenvalue weighted by Gasteiger charge is 2.08. The topological polar surface area (TPSA) is 24.5 Å². The molecule has 0 spiro atoms. The first-order valence-electron chi connectivity index (χ1n) is 9.21. The highest BCUT2D eigenvalue weighted by molar-refractivity contribution is 6.31. The fraction of sp³-hybridized carbons (Fsp3) is 0.429. The van der Waals surface area contributed by atoms with E-state index in [2.05, 4.69) is 30.1 Å². The van der Waals surface area contributed by atoms with Crippen LogP contribution < -0.4 is 10.1 Å². The second-order valence-electron chi connectivity index (χ2n) is 6.19. The molecule has 2 rings (SSSR count). The third-order valence-corrected chi connectivity index (χ3v) is 4.75. The summed E-state index contributed by atoms with van der Waals surface area (Å²) in [7, 11) is 0. The Kier molecular flexibility index (Phi) is 8.89. The molecule has 0 saturated heterocycles. The molecule has 0 saturated carbocycles. The van der Waals surface area contributed by atoms with Crippen molar-refractivity contribution in [2.24, 2.45) is 0 Å². The van der Waals surface area contributed by atoms with E-state index in [0.717, 1.165) is 44.7 Å². The number of rotatable bonds is 11. The minimum absolute atomic E-state index is 0.117. The fourth-order valence-corrected chi connectivity index (χ4v) is 2.99. The lowest BCUT2D eigenvalue weighted by molar-refractivity contribution is 0.297. The van der Waals surface area contributed by atoms with E-state index in [1.54, 1.807) is 12.1 Å². The van der Waals surface area contributed by atoms with E-state index in [4.69, 9.17) is 16.3 Å². The fourth-order valence-electron chi connectivity index (χ4n) is 2.77. The van der Waals surface area contributed by atoms with Gasteiger partial charge in [0.15, 0.2) is 0 Å². The second-order valence-corrected chi connectivity index (χ2v) is 6.60. The van der Waals surface area contributed by atoms with Crippen LogP contribution in [0.15, 0.2) is 42.5 Å². The van der Waals surface area contributed by atoms with Gasteiger partial charge >= 0.3 is 0 Å². The van der Waals surface area contributed by atoms with Crippen molar-refractivity contribution >= 4 is 11.6 Å². The van der Waals surface area contributed by atoms with Gasteiger partial charge in [-0.15, -0.1) is 0 Å². The standard InChI is InChI=1S/C21H28ClFN2O/c1-3-25(4-2)13-7-12-24-15-17-8-5-9-18(14-17)26-16-19-20(22)10-6-11-21(19)23/h5-6,8-11,14,24H,3-4,7,12-13,15-16H2,1-2H3. The van der Waals surface area contributed by atoms with Crippen LogP contribution in [-0.2, 0) is 13.2 Å². The van der Waals surface area contributed by atoms with Gasteiger partial charge in [0.05, 0.1) is 5.02 Å². The molecule has 0 fully saturated rings. The summed E-state index contributed by atoms with van der Waals surface area (Å²) in [6.07, 6.45) is 1.13. The molecular formula is C21H28ClFN2O. The van der Waals surface area contributed by atoms with Crippen molar-refractivity contribution < 1.29 is 9.13 Å². The monoisotopic (exact) mass is 378 g/mol. The minimum Gasteiger partial charge on any atom is -0.489 e. The molecule has 3 nitrogen and oxygen atoms in total. The molecule has 0 aliphatic heterocycles. The first-order chi connectivity index (χ1) is 12.6. The normalized spacial score (nSPS) is 11.1. The molecule has 142 valence electrons. The van der Waals surface area contributed by atoms with Crippen molar-refractivity contribution in [1.29, 1.82) is 0 Å². The van der Waals surface area contributed by atoms with Gasteiger partial charge in [-0.25, -0.2) is 4.39 Å². The van der Waals surface area contributed by atoms with E-state index in [0.29, 0.717) is 16.3 Å². The Labute approximate surface area is 161 Å². The highest BCUT2D eigenvalue weighted by atomic mass is 35.5. The van der Waals surface area contributed by atoms with Gasteiger partial charge in [-0.1, -0.05) is 43.6 Å². The summed E-state index contributed by atoms with van der Waals surface area (Å²) in [5.74, 6) is 0.371. The molecule has 0 heterocycles. The lowest BCUT2D eigenvalue weighted by atomic mass is 10.2. The Hall–Kier alpha value is -1.62. The maximum Gasteiger partial charge on any atom is 0.131 e. The highest BCUT2D eigenvalue weighted by Crippen LogP contribution is 2.22. The quantitative estimate of drug-likeness (QED) is 0.564. The Balaban J connectivity index is 1.79. The van der Waals surface area contributed by atoms with Crippen LogP contribution >= 0.6 is 11.6 Å². The first kappa shape index (κ1) is 20.7. The molecule has 0 amide bonds. The minimum atomic E-state index is -0.344. The van der Waals surface area contributed by atoms with E-state index in [1.807, 2.05) is 18.2 Å². The van der Waals surface area contributed by atoms with E-state index in [1.165, 1.54) is 6.07 Å². The summed E-state index contributed by atoms with van der Waals surface area (Å²) in [4.78, 5) is 2.42. The smallest absolute Gasteiger partial charge is 0.131 e. The maximum atomic E-state index is 13.8. The zero-order valence-corrected chi connectivity index (χ0v) is 16.4. The van der Waals surface area contributed by atoms with Gasteiger partial charge in [-0.05, 0) is 62.4 Å². The van der Waals surface area contributed by atoms with Crippen molar-refractivity contribution in [3.8, 4) is 5.75 Å². The van der Waals surface area contributed by atoms with Crippen LogP contribution in [0.2, 0.25) is 5.02 Å². The Bertz CT molecular complexity index is 657. The molecule has 1 N–H and O–H groups in total. The van der Waals surface area contributed by atoms with E-state index in [9.17, 15) is 4.39 Å². The van der Waals surface area contributed by atoms with Crippen LogP contribution in [0.5, 0.6) is 5.75 Å². The molecule has 2 aromatic rings. The van der Waals surface area contributed by atoms with Crippen LogP contribution in [-0.4, -0.2) is 31.1 Å². The predicted octanol–water partition coefficient (Wildman–Crippen LogP) is 4.88. The lowest BCUT2D eigenvalue weighted by Gasteiger charge is -2.17. The molecule has 0 bridgehead atoms. The van der Waals surface area contributed by atoms with Gasteiger partial charge in [-0.2, -0.15) is 0 Å². The second kappa shape index (κ2) is 11.2. The summed E-state index contributed by atoms with van der Waals surface area (Å²) in [6, 6.07) is 12.5. The summed E-state index contributed by atoms with van der Waals surface area (Å²) in [5, 5.41) is 3.85. The van der Waals surface area contributed by atoms with Crippen LogP contribution in [0.3, 0.4) is 0 Å². The number of hydrogen-bond acceptors (Lipinski definition) is 3. The number of benzene rings is 2. The Morgan fingerprint density at radius 2 is 1.88 bits per heavy atom. The number of ether oxygens (including phenoxy) is 1. The molecule has 0 unspecified atom stereocenters. The van der Waals surface area contributed by atoms with Gasteiger partial charge in [0, 0.05) is 12.1 Å². The Morgan fingerprint density at radius 1 is 1.12 bits per heavy atom. The van der Waals surface area contributed by atoms with Crippen LogP contribution in [0.4, 0.5) is 4.39 Å². The van der Waals surface area contributed by atoms with Crippen LogP contribution in [0, 0.1) is 5.82 Å². The summed E-state index contributed by atoms with van der Waals surface area (Å²) >= 11 is 6.03. The zero-order valence-electron chi connectivity index (χ0n) is 15.6. The SMILES string of the molecule is CCN(CC)CCCNCc1cccc(OCc2c(F)cccc2Cl)c1. The van der Waals surface area contributed by atoms with Gasteiger partial charge in [0.25, 0.3) is 0 Å². The first-order valence-corrected chi connectivity index (χ1v) is 9.59. The van der Waals surface area contributed by atoms with Gasteiger partial charge in [-0.3, -0.25) is 0 Å². The van der Waals surface area contributed by atoms with Crippen LogP contribution in [0.1, 0.15) is 31.4 Å². The number of hydrogen-bond donors (Lipinski definition) is 1. The number of halogens is 2. The lowest BCUT2D eigenvalue weighted by Crippen LogP contribution is -2.27. The van der Waals surface area contributed by atoms with E-state index < -0.39 is 0 Å². The Morgan fingerprint density at radius 3 is 2.62 bits per heavy atom. The van der Waals surface area contributed by atoms with Crippen molar-refractivity contribution in [3.05, 3.63) is 64.4 Å². The molecule has 0 radical (unpaired) electrons. The molecule has 0 aliphatic rings. The third kappa shape index (κ3) is 6.60. The van der Waals surface area contributed by atoms with Crippen molar-refractivity contribution in [2.75, 3.05) is 26.2 Å². The molecule has 5 heteroatoms. The van der Waals surface area contributed by atoms with Crippen molar-refractivity contribution in [2.45, 2.75) is 33.4 Å². The molecular weight excluding hydrogens is 351 g/mol. The predicted molar refractivity (Wildman–Crippen MR) is 106 cm³/mol. The molecule has 0 atom stereocenters. The average molecular weight is 379 g/mol. The van der Waals surface area contributed by atoms with Crippen molar-refractivity contribution in [3.63, 3.8) is 0 Å². The van der Waals surface area contributed by atoms with Crippen LogP contribution in [0.25, 0.3) is 0 Å². The molecule has 2 aromatic carbocycles.